The van der Waals surface area contributed by atoms with Crippen LogP contribution >= 0.6 is 0 Å². The Hall–Kier alpha value is -0.620. The lowest BCUT2D eigenvalue weighted by atomic mass is 10.3. The predicted octanol–water partition coefficient (Wildman–Crippen LogP) is 2.91. The van der Waals surface area contributed by atoms with Crippen molar-refractivity contribution in [1.82, 2.24) is 4.31 Å². The normalized spacial score (nSPS) is 15.2. The SMILES string of the molecule is CCN(CCC[N+](C)(C)CC)S(=O)(=O)C(F)(F)C(F)(F)C(F)(F)F. The van der Waals surface area contributed by atoms with Crippen LogP contribution in [-0.2, 0) is 10.0 Å². The van der Waals surface area contributed by atoms with Crippen molar-refractivity contribution in [3.63, 3.8) is 0 Å². The van der Waals surface area contributed by atoms with Gasteiger partial charge in [0.25, 0.3) is 10.0 Å². The molecule has 0 aliphatic rings. The number of hydrogen-bond donors (Lipinski definition) is 0. The Morgan fingerprint density at radius 1 is 0.958 bits per heavy atom. The summed E-state index contributed by atoms with van der Waals surface area (Å²) in [4.78, 5) is 0. The van der Waals surface area contributed by atoms with E-state index in [1.165, 1.54) is 0 Å². The molecule has 0 radical (unpaired) electrons. The van der Waals surface area contributed by atoms with E-state index in [1.54, 1.807) is 14.1 Å². The maximum absolute atomic E-state index is 13.5. The zero-order valence-electron chi connectivity index (χ0n) is 13.8. The van der Waals surface area contributed by atoms with Crippen LogP contribution < -0.4 is 0 Å². The second-order valence-electron chi connectivity index (χ2n) is 5.91. The van der Waals surface area contributed by atoms with Crippen LogP contribution in [0.2, 0.25) is 0 Å². The molecule has 0 N–H and O–H groups in total. The summed E-state index contributed by atoms with van der Waals surface area (Å²) in [7, 11) is -2.64. The molecule has 4 nitrogen and oxygen atoms in total. The Balaban J connectivity index is 5.45. The molecule has 0 aromatic carbocycles. The molecule has 0 unspecified atom stereocenters. The molecule has 0 heterocycles. The number of nitrogens with zero attached hydrogens (tertiary/aromatic N) is 2. The van der Waals surface area contributed by atoms with E-state index < -0.39 is 40.5 Å². The van der Waals surface area contributed by atoms with Gasteiger partial charge < -0.3 is 4.48 Å². The zero-order valence-corrected chi connectivity index (χ0v) is 14.6. The Labute approximate surface area is 136 Å². The molecule has 0 saturated heterocycles. The minimum absolute atomic E-state index is 0.0293. The van der Waals surface area contributed by atoms with Gasteiger partial charge in [-0.05, 0) is 6.92 Å². The lowest BCUT2D eigenvalue weighted by molar-refractivity contribution is -0.888. The van der Waals surface area contributed by atoms with Crippen LogP contribution in [0, 0.1) is 0 Å². The highest BCUT2D eigenvalue weighted by Gasteiger charge is 2.79. The number of rotatable bonds is 9. The van der Waals surface area contributed by atoms with E-state index in [0.29, 0.717) is 17.6 Å². The van der Waals surface area contributed by atoms with Crippen molar-refractivity contribution in [3.8, 4) is 0 Å². The fourth-order valence-corrected chi connectivity index (χ4v) is 3.24. The van der Waals surface area contributed by atoms with E-state index >= 15 is 0 Å². The molecule has 12 heteroatoms. The van der Waals surface area contributed by atoms with Crippen molar-refractivity contribution in [2.75, 3.05) is 40.3 Å². The zero-order chi connectivity index (χ0) is 19.6. The van der Waals surface area contributed by atoms with Crippen LogP contribution in [0.3, 0.4) is 0 Å². The maximum Gasteiger partial charge on any atom is 0.461 e. The first-order valence-electron chi connectivity index (χ1n) is 7.12. The van der Waals surface area contributed by atoms with Gasteiger partial charge in [-0.1, -0.05) is 6.92 Å². The van der Waals surface area contributed by atoms with Gasteiger partial charge in [0, 0.05) is 19.5 Å². The largest absolute Gasteiger partial charge is 0.461 e. The Kier molecular flexibility index (Phi) is 7.13. The summed E-state index contributed by atoms with van der Waals surface area (Å²) in [5.41, 5.74) is 0. The summed E-state index contributed by atoms with van der Waals surface area (Å²) in [6, 6.07) is 0. The molecule has 0 rings (SSSR count). The Morgan fingerprint density at radius 2 is 1.42 bits per heavy atom. The second kappa shape index (κ2) is 7.32. The monoisotopic (exact) mass is 391 g/mol. The third-order valence-electron chi connectivity index (χ3n) is 3.77. The van der Waals surface area contributed by atoms with Crippen molar-refractivity contribution in [1.29, 1.82) is 0 Å². The molecule has 0 fully saturated rings. The summed E-state index contributed by atoms with van der Waals surface area (Å²) >= 11 is 0. The molecule has 0 aromatic heterocycles. The van der Waals surface area contributed by atoms with E-state index in [4.69, 9.17) is 0 Å². The summed E-state index contributed by atoms with van der Waals surface area (Å²) in [5, 5.41) is -6.29. The molecule has 24 heavy (non-hydrogen) atoms. The summed E-state index contributed by atoms with van der Waals surface area (Å²) < 4.78 is 113. The van der Waals surface area contributed by atoms with Crippen molar-refractivity contribution < 1.29 is 43.6 Å². The number of sulfonamides is 1. The minimum atomic E-state index is -6.69. The van der Waals surface area contributed by atoms with E-state index in [-0.39, 0.29) is 10.7 Å². The van der Waals surface area contributed by atoms with Crippen molar-refractivity contribution in [3.05, 3.63) is 0 Å². The average molecular weight is 391 g/mol. The Bertz CT molecular complexity index is 518. The van der Waals surface area contributed by atoms with Crippen LogP contribution in [0.1, 0.15) is 20.3 Å². The van der Waals surface area contributed by atoms with Gasteiger partial charge in [0.2, 0.25) is 0 Å². The topological polar surface area (TPSA) is 37.4 Å². The van der Waals surface area contributed by atoms with Gasteiger partial charge in [-0.25, -0.2) is 8.42 Å². The molecule has 0 amide bonds. The highest BCUT2D eigenvalue weighted by atomic mass is 32.2. The molecular formula is C12H22F7N2O2S+. The van der Waals surface area contributed by atoms with Crippen molar-refractivity contribution in [2.45, 2.75) is 37.6 Å². The minimum Gasteiger partial charge on any atom is -0.329 e. The van der Waals surface area contributed by atoms with Gasteiger partial charge in [-0.2, -0.15) is 35.0 Å². The highest BCUT2D eigenvalue weighted by molar-refractivity contribution is 7.90. The van der Waals surface area contributed by atoms with Crippen LogP contribution in [0.15, 0.2) is 0 Å². The van der Waals surface area contributed by atoms with Crippen LogP contribution in [0.4, 0.5) is 30.7 Å². The quantitative estimate of drug-likeness (QED) is 0.448. The number of alkyl halides is 7. The molecule has 0 spiro atoms. The fraction of sp³-hybridized carbons (Fsp3) is 1.00. The van der Waals surface area contributed by atoms with Crippen molar-refractivity contribution in [2.24, 2.45) is 0 Å². The summed E-state index contributed by atoms with van der Waals surface area (Å²) in [5.74, 6) is -6.69. The number of hydrogen-bond acceptors (Lipinski definition) is 2. The molecular weight excluding hydrogens is 369 g/mol. The third kappa shape index (κ3) is 4.51. The Morgan fingerprint density at radius 3 is 1.75 bits per heavy atom. The van der Waals surface area contributed by atoms with Gasteiger partial charge in [0.1, 0.15) is 0 Å². The molecule has 0 aliphatic carbocycles. The van der Waals surface area contributed by atoms with Crippen LogP contribution in [-0.4, -0.2) is 74.8 Å². The number of quaternary nitrogens is 1. The summed E-state index contributed by atoms with van der Waals surface area (Å²) in [6.07, 6.45) is -6.66. The predicted molar refractivity (Wildman–Crippen MR) is 74.2 cm³/mol. The van der Waals surface area contributed by atoms with Crippen molar-refractivity contribution >= 4 is 10.0 Å². The van der Waals surface area contributed by atoms with E-state index in [0.717, 1.165) is 6.92 Å². The second-order valence-corrected chi connectivity index (χ2v) is 7.89. The highest BCUT2D eigenvalue weighted by Crippen LogP contribution is 2.49. The van der Waals surface area contributed by atoms with Crippen LogP contribution in [0.5, 0.6) is 0 Å². The smallest absolute Gasteiger partial charge is 0.329 e. The average Bonchev–Trinajstić information content (AvgIpc) is 2.41. The summed E-state index contributed by atoms with van der Waals surface area (Å²) in [6.45, 7) is 2.66. The van der Waals surface area contributed by atoms with E-state index in [9.17, 15) is 39.2 Å². The fourth-order valence-electron chi connectivity index (χ4n) is 1.77. The van der Waals surface area contributed by atoms with Gasteiger partial charge >= 0.3 is 17.4 Å². The first-order valence-corrected chi connectivity index (χ1v) is 8.56. The third-order valence-corrected chi connectivity index (χ3v) is 5.79. The first kappa shape index (κ1) is 23.4. The molecule has 0 bridgehead atoms. The lowest BCUT2D eigenvalue weighted by Gasteiger charge is -2.33. The van der Waals surface area contributed by atoms with Gasteiger partial charge in [0.05, 0.1) is 27.2 Å². The number of halogens is 7. The standard InChI is InChI=1S/C12H22F7N2O2S/c1-5-20(8-7-9-21(3,4)6-2)24(22,23)12(18,19)10(13,14)11(15,16)17/h5-9H2,1-4H3/q+1. The molecule has 0 atom stereocenters. The van der Waals surface area contributed by atoms with Gasteiger partial charge in [0.15, 0.2) is 0 Å². The molecule has 0 aromatic rings. The van der Waals surface area contributed by atoms with Gasteiger partial charge in [-0.15, -0.1) is 0 Å². The lowest BCUT2D eigenvalue weighted by Crippen LogP contribution is -2.59. The molecule has 146 valence electrons. The molecule has 0 aliphatic heterocycles. The first-order chi connectivity index (χ1) is 10.5. The van der Waals surface area contributed by atoms with Crippen LogP contribution in [0.25, 0.3) is 0 Å². The maximum atomic E-state index is 13.5. The van der Waals surface area contributed by atoms with Gasteiger partial charge in [-0.3, -0.25) is 0 Å². The van der Waals surface area contributed by atoms with E-state index in [1.807, 2.05) is 6.92 Å². The van der Waals surface area contributed by atoms with E-state index in [2.05, 4.69) is 0 Å². The molecule has 0 saturated carbocycles.